The van der Waals surface area contributed by atoms with E-state index in [4.69, 9.17) is 11.5 Å². The Balaban J connectivity index is 1.98. The fourth-order valence-electron chi connectivity index (χ4n) is 5.21. The van der Waals surface area contributed by atoms with E-state index in [1.54, 1.807) is 30.3 Å². The van der Waals surface area contributed by atoms with E-state index in [-0.39, 0.29) is 25.3 Å². The molecule has 1 heterocycles. The molecule has 0 aromatic heterocycles. The number of carboxylic acids is 1. The Kier molecular flexibility index (Phi) is 11.8. The molecule has 1 saturated heterocycles. The molecule has 0 unspecified atom stereocenters. The smallest absolute Gasteiger partial charge is 0.305 e. The Morgan fingerprint density at radius 3 is 2.23 bits per heavy atom. The molecule has 10 N–H and O–H groups in total. The third-order valence-electron chi connectivity index (χ3n) is 7.44. The number of carboxylic acid groups (broad SMARTS) is 1. The van der Waals surface area contributed by atoms with E-state index in [0.29, 0.717) is 37.7 Å². The predicted molar refractivity (Wildman–Crippen MR) is 155 cm³/mol. The van der Waals surface area contributed by atoms with Crippen molar-refractivity contribution in [1.82, 2.24) is 26.6 Å². The highest BCUT2D eigenvalue weighted by atomic mass is 16.4. The van der Waals surface area contributed by atoms with Gasteiger partial charge in [0.05, 0.1) is 13.0 Å². The monoisotopic (exact) mass is 600 g/mol. The number of rotatable bonds is 8. The fourth-order valence-corrected chi connectivity index (χ4v) is 5.21. The van der Waals surface area contributed by atoms with E-state index in [1.807, 2.05) is 0 Å². The van der Waals surface area contributed by atoms with Crippen molar-refractivity contribution in [2.75, 3.05) is 13.1 Å². The van der Waals surface area contributed by atoms with Gasteiger partial charge >= 0.3 is 5.97 Å². The van der Waals surface area contributed by atoms with Gasteiger partial charge in [-0.1, -0.05) is 49.6 Å². The molecule has 15 nitrogen and oxygen atoms in total. The van der Waals surface area contributed by atoms with Crippen LogP contribution in [0.15, 0.2) is 35.3 Å². The maximum absolute atomic E-state index is 13.8. The van der Waals surface area contributed by atoms with Crippen LogP contribution in [0.4, 0.5) is 0 Å². The maximum atomic E-state index is 13.8. The number of aliphatic carboxylic acids is 1. The summed E-state index contributed by atoms with van der Waals surface area (Å²) in [6.45, 7) is -0.394. The second-order valence-electron chi connectivity index (χ2n) is 10.8. The van der Waals surface area contributed by atoms with Gasteiger partial charge in [0, 0.05) is 13.0 Å². The summed E-state index contributed by atoms with van der Waals surface area (Å²) in [5, 5.41) is 22.3. The number of aliphatic imine (C=N–C) groups is 1. The highest BCUT2D eigenvalue weighted by Gasteiger charge is 2.44. The third kappa shape index (κ3) is 9.97. The van der Waals surface area contributed by atoms with Gasteiger partial charge in [0.15, 0.2) is 5.96 Å². The number of carbonyl (C=O) groups excluding carboxylic acids is 5. The summed E-state index contributed by atoms with van der Waals surface area (Å²) in [6, 6.07) is 5.03. The Hall–Kier alpha value is -4.69. The minimum atomic E-state index is -1.53. The van der Waals surface area contributed by atoms with Gasteiger partial charge in [-0.3, -0.25) is 33.8 Å². The number of hydrogen-bond donors (Lipinski definition) is 8. The number of amides is 5. The van der Waals surface area contributed by atoms with Gasteiger partial charge in [-0.2, -0.15) is 0 Å². The van der Waals surface area contributed by atoms with Crippen LogP contribution in [0.1, 0.15) is 56.9 Å². The van der Waals surface area contributed by atoms with E-state index in [9.17, 15) is 33.9 Å². The van der Waals surface area contributed by atoms with Gasteiger partial charge in [-0.05, 0) is 31.2 Å². The second kappa shape index (κ2) is 15.5. The van der Waals surface area contributed by atoms with Crippen molar-refractivity contribution in [3.05, 3.63) is 35.9 Å². The zero-order valence-corrected chi connectivity index (χ0v) is 23.9. The quantitative estimate of drug-likeness (QED) is 0.0947. The molecule has 3 rings (SSSR count). The van der Waals surface area contributed by atoms with Gasteiger partial charge in [0.1, 0.15) is 23.7 Å². The molecule has 1 aliphatic carbocycles. The zero-order chi connectivity index (χ0) is 31.4. The first kappa shape index (κ1) is 32.8. The van der Waals surface area contributed by atoms with E-state index in [2.05, 4.69) is 31.6 Å². The van der Waals surface area contributed by atoms with Gasteiger partial charge in [0.25, 0.3) is 0 Å². The number of carbonyl (C=O) groups is 6. The summed E-state index contributed by atoms with van der Waals surface area (Å²) in [6.07, 6.45) is 2.47. The van der Waals surface area contributed by atoms with Crippen molar-refractivity contribution in [2.45, 2.75) is 81.5 Å². The minimum Gasteiger partial charge on any atom is -0.481 e. The molecule has 5 amide bonds. The fraction of sp³-hybridized carbons (Fsp3) is 0.536. The summed E-state index contributed by atoms with van der Waals surface area (Å²) >= 11 is 0. The van der Waals surface area contributed by atoms with E-state index in [0.717, 1.165) is 6.42 Å². The second-order valence-corrected chi connectivity index (χ2v) is 10.8. The Morgan fingerprint density at radius 1 is 0.884 bits per heavy atom. The number of nitrogens with two attached hydrogens (primary N) is 2. The molecule has 1 saturated carbocycles. The SMILES string of the molecule is NC(N)=NCCC[C@@H]1NC(=O)C2(CCCCC2)NC(=O)[C@@H](Cc2ccccc2)NC(=O)[C@H](CC(=O)O)NC(=O)CNC1=O. The van der Waals surface area contributed by atoms with Crippen LogP contribution >= 0.6 is 0 Å². The highest BCUT2D eigenvalue weighted by molar-refractivity contribution is 5.99. The van der Waals surface area contributed by atoms with Crippen LogP contribution < -0.4 is 38.1 Å². The molecule has 2 fully saturated rings. The van der Waals surface area contributed by atoms with Gasteiger partial charge in [-0.25, -0.2) is 0 Å². The minimum absolute atomic E-state index is 0.0390. The normalized spacial score (nSPS) is 23.3. The summed E-state index contributed by atoms with van der Waals surface area (Å²) < 4.78 is 0. The van der Waals surface area contributed by atoms with Crippen molar-refractivity contribution in [2.24, 2.45) is 16.5 Å². The molecule has 1 aromatic rings. The van der Waals surface area contributed by atoms with Gasteiger partial charge < -0.3 is 43.2 Å². The Bertz CT molecular complexity index is 1210. The lowest BCUT2D eigenvalue weighted by Gasteiger charge is -2.38. The van der Waals surface area contributed by atoms with E-state index >= 15 is 0 Å². The van der Waals surface area contributed by atoms with E-state index in [1.165, 1.54) is 0 Å². The highest BCUT2D eigenvalue weighted by Crippen LogP contribution is 2.29. The van der Waals surface area contributed by atoms with Crippen LogP contribution in [-0.4, -0.2) is 83.3 Å². The number of benzene rings is 1. The van der Waals surface area contributed by atoms with Crippen LogP contribution in [0.2, 0.25) is 0 Å². The Labute approximate surface area is 249 Å². The lowest BCUT2D eigenvalue weighted by atomic mass is 9.80. The number of guanidine groups is 1. The van der Waals surface area contributed by atoms with Crippen LogP contribution in [0.25, 0.3) is 0 Å². The van der Waals surface area contributed by atoms with E-state index < -0.39 is 72.1 Å². The third-order valence-corrected chi connectivity index (χ3v) is 7.44. The van der Waals surface area contributed by atoms with Crippen molar-refractivity contribution >= 4 is 41.5 Å². The molecule has 1 spiro atoms. The summed E-state index contributed by atoms with van der Waals surface area (Å²) in [7, 11) is 0. The first-order valence-electron chi connectivity index (χ1n) is 14.3. The van der Waals surface area contributed by atoms with Gasteiger partial charge in [0.2, 0.25) is 29.5 Å². The van der Waals surface area contributed by atoms with Crippen LogP contribution in [0.3, 0.4) is 0 Å². The van der Waals surface area contributed by atoms with Gasteiger partial charge in [-0.15, -0.1) is 0 Å². The molecule has 43 heavy (non-hydrogen) atoms. The van der Waals surface area contributed by atoms with Crippen LogP contribution in [-0.2, 0) is 35.2 Å². The predicted octanol–water partition coefficient (Wildman–Crippen LogP) is -1.84. The summed E-state index contributed by atoms with van der Waals surface area (Å²) in [5.74, 6) is -5.10. The summed E-state index contributed by atoms with van der Waals surface area (Å²) in [4.78, 5) is 82.1. The molecule has 234 valence electrons. The molecular weight excluding hydrogens is 560 g/mol. The first-order valence-corrected chi connectivity index (χ1v) is 14.3. The lowest BCUT2D eigenvalue weighted by molar-refractivity contribution is -0.141. The number of nitrogens with zero attached hydrogens (tertiary/aromatic N) is 1. The Morgan fingerprint density at radius 2 is 1.58 bits per heavy atom. The molecule has 15 heteroatoms. The lowest BCUT2D eigenvalue weighted by Crippen LogP contribution is -2.65. The summed E-state index contributed by atoms with van der Waals surface area (Å²) in [5.41, 5.74) is 10.1. The van der Waals surface area contributed by atoms with Crippen LogP contribution in [0.5, 0.6) is 0 Å². The van der Waals surface area contributed by atoms with Crippen molar-refractivity contribution < 1.29 is 33.9 Å². The average Bonchev–Trinajstić information content (AvgIpc) is 2.96. The van der Waals surface area contributed by atoms with Crippen molar-refractivity contribution in [3.63, 3.8) is 0 Å². The van der Waals surface area contributed by atoms with Crippen molar-refractivity contribution in [1.29, 1.82) is 0 Å². The van der Waals surface area contributed by atoms with Crippen molar-refractivity contribution in [3.8, 4) is 0 Å². The number of nitrogens with one attached hydrogen (secondary N) is 5. The molecule has 2 aliphatic rings. The largest absolute Gasteiger partial charge is 0.481 e. The van der Waals surface area contributed by atoms with Crippen LogP contribution in [0, 0.1) is 0 Å². The zero-order valence-electron chi connectivity index (χ0n) is 23.9. The molecule has 1 aromatic carbocycles. The standard InChI is InChI=1S/C28H40N8O7/c29-27(30)31-13-7-10-18-23(40)32-16-21(37)33-20(15-22(38)39)24(41)34-19(14-17-8-3-1-4-9-17)25(42)36-28(26(43)35-18)11-5-2-6-12-28/h1,3-4,8-9,18-20H,2,5-7,10-16H2,(H,32,40)(H,33,37)(H,34,41)(H,35,43)(H,36,42)(H,38,39)(H4,29,30,31)/t18-,19+,20-/m0/s1. The molecular formula is C28H40N8O7. The number of hydrogen-bond acceptors (Lipinski definition) is 7. The molecule has 0 bridgehead atoms. The topological polar surface area (TPSA) is 247 Å². The average molecular weight is 601 g/mol. The maximum Gasteiger partial charge on any atom is 0.305 e. The molecule has 0 radical (unpaired) electrons. The molecule has 3 atom stereocenters. The first-order chi connectivity index (χ1) is 20.5. The molecule has 1 aliphatic heterocycles.